The van der Waals surface area contributed by atoms with Crippen LogP contribution in [0.5, 0.6) is 11.5 Å². The number of ether oxygens (including phenoxy) is 2. The van der Waals surface area contributed by atoms with Crippen molar-refractivity contribution in [3.05, 3.63) is 111 Å². The average Bonchev–Trinajstić information content (AvgIpc) is 2.92. The molecule has 0 N–H and O–H groups in total. The van der Waals surface area contributed by atoms with Gasteiger partial charge in [0.15, 0.2) is 11.5 Å². The second kappa shape index (κ2) is 11.8. The Bertz CT molecular complexity index is 1450. The molecule has 0 bridgehead atoms. The lowest BCUT2D eigenvalue weighted by Gasteiger charge is -2.32. The third-order valence-electron chi connectivity index (χ3n) is 6.33. The standard InChI is InChI=1S/C31H27ClN2O4/c1-4-37-29-17-23(12-15-28(29)38-19-22-10-13-25(32)14-11-22)16-26-20(2)27(18-33)31(36)34(30(26)35)21(3)24-8-6-5-7-9-24/h5-17,21H,4,19H2,1-3H3/b26-16+. The third-order valence-corrected chi connectivity index (χ3v) is 6.58. The monoisotopic (exact) mass is 526 g/mol. The normalized spacial score (nSPS) is 15.4. The van der Waals surface area contributed by atoms with E-state index in [0.717, 1.165) is 16.0 Å². The zero-order valence-corrected chi connectivity index (χ0v) is 22.2. The first-order valence-electron chi connectivity index (χ1n) is 12.2. The number of rotatable bonds is 8. The molecule has 3 aromatic carbocycles. The molecule has 0 radical (unpaired) electrons. The van der Waals surface area contributed by atoms with E-state index in [9.17, 15) is 14.9 Å². The van der Waals surface area contributed by atoms with Crippen molar-refractivity contribution in [1.82, 2.24) is 4.90 Å². The maximum Gasteiger partial charge on any atom is 0.272 e. The van der Waals surface area contributed by atoms with E-state index in [1.165, 1.54) is 0 Å². The molecule has 0 aliphatic carbocycles. The molecule has 1 unspecified atom stereocenters. The lowest BCUT2D eigenvalue weighted by molar-refractivity contribution is -0.143. The van der Waals surface area contributed by atoms with Crippen LogP contribution in [0.4, 0.5) is 0 Å². The fourth-order valence-corrected chi connectivity index (χ4v) is 4.37. The van der Waals surface area contributed by atoms with Gasteiger partial charge in [-0.1, -0.05) is 60.1 Å². The highest BCUT2D eigenvalue weighted by Gasteiger charge is 2.38. The molecule has 1 heterocycles. The largest absolute Gasteiger partial charge is 0.490 e. The summed E-state index contributed by atoms with van der Waals surface area (Å²) in [6.45, 7) is 6.03. The minimum atomic E-state index is -0.593. The summed E-state index contributed by atoms with van der Waals surface area (Å²) >= 11 is 5.96. The van der Waals surface area contributed by atoms with Crippen molar-refractivity contribution in [3.63, 3.8) is 0 Å². The van der Waals surface area contributed by atoms with Crippen LogP contribution in [0.2, 0.25) is 5.02 Å². The highest BCUT2D eigenvalue weighted by Crippen LogP contribution is 2.35. The number of amides is 2. The first-order valence-corrected chi connectivity index (χ1v) is 12.6. The van der Waals surface area contributed by atoms with Gasteiger partial charge in [0, 0.05) is 10.6 Å². The number of halogens is 1. The topological polar surface area (TPSA) is 79.6 Å². The number of carbonyl (C=O) groups excluding carboxylic acids is 2. The minimum absolute atomic E-state index is 0.0495. The summed E-state index contributed by atoms with van der Waals surface area (Å²) in [5.41, 5.74) is 3.01. The molecule has 0 fully saturated rings. The zero-order chi connectivity index (χ0) is 27.2. The number of hydrogen-bond acceptors (Lipinski definition) is 5. The van der Waals surface area contributed by atoms with Gasteiger partial charge in [0.05, 0.1) is 12.6 Å². The van der Waals surface area contributed by atoms with E-state index in [1.54, 1.807) is 50.3 Å². The van der Waals surface area contributed by atoms with Gasteiger partial charge >= 0.3 is 0 Å². The Morgan fingerprint density at radius 2 is 1.68 bits per heavy atom. The molecule has 0 aromatic heterocycles. The molecule has 0 saturated carbocycles. The van der Waals surface area contributed by atoms with E-state index in [2.05, 4.69) is 0 Å². The van der Waals surface area contributed by atoms with Crippen LogP contribution in [-0.4, -0.2) is 23.3 Å². The Morgan fingerprint density at radius 1 is 0.974 bits per heavy atom. The van der Waals surface area contributed by atoms with E-state index in [-0.39, 0.29) is 11.1 Å². The SMILES string of the molecule is CCOc1cc(/C=C2/C(=O)N(C(C)c3ccccc3)C(=O)C(C#N)=C2C)ccc1OCc1ccc(Cl)cc1. The van der Waals surface area contributed by atoms with Crippen LogP contribution in [0.25, 0.3) is 6.08 Å². The smallest absolute Gasteiger partial charge is 0.272 e. The molecule has 192 valence electrons. The summed E-state index contributed by atoms with van der Waals surface area (Å²) in [5, 5.41) is 10.4. The van der Waals surface area contributed by atoms with Gasteiger partial charge in [-0.3, -0.25) is 14.5 Å². The summed E-state index contributed by atoms with van der Waals surface area (Å²) in [5.74, 6) is 0.0264. The fourth-order valence-electron chi connectivity index (χ4n) is 4.24. The Balaban J connectivity index is 1.68. The van der Waals surface area contributed by atoms with Gasteiger partial charge in [-0.25, -0.2) is 0 Å². The Kier molecular flexibility index (Phi) is 8.30. The molecule has 4 rings (SSSR count). The number of imide groups is 1. The van der Waals surface area contributed by atoms with Crippen molar-refractivity contribution >= 4 is 29.5 Å². The third kappa shape index (κ3) is 5.64. The maximum atomic E-state index is 13.6. The number of nitriles is 1. The van der Waals surface area contributed by atoms with Gasteiger partial charge in [-0.05, 0) is 73.4 Å². The number of carbonyl (C=O) groups is 2. The van der Waals surface area contributed by atoms with Crippen LogP contribution in [0.3, 0.4) is 0 Å². The molecule has 1 atom stereocenters. The molecule has 2 amide bonds. The summed E-state index contributed by atoms with van der Waals surface area (Å²) in [6, 6.07) is 23.5. The van der Waals surface area contributed by atoms with Gasteiger partial charge in [-0.15, -0.1) is 0 Å². The van der Waals surface area contributed by atoms with Crippen LogP contribution in [0.1, 0.15) is 43.5 Å². The first kappa shape index (κ1) is 26.7. The van der Waals surface area contributed by atoms with Crippen molar-refractivity contribution in [1.29, 1.82) is 5.26 Å². The van der Waals surface area contributed by atoms with Crippen molar-refractivity contribution in [2.24, 2.45) is 0 Å². The van der Waals surface area contributed by atoms with E-state index in [4.69, 9.17) is 21.1 Å². The molecule has 1 aliphatic heterocycles. The number of benzene rings is 3. The molecular formula is C31H27ClN2O4. The average molecular weight is 527 g/mol. The van der Waals surface area contributed by atoms with E-state index in [0.29, 0.717) is 40.9 Å². The fraction of sp³-hybridized carbons (Fsp3) is 0.194. The molecule has 1 aliphatic rings. The molecule has 3 aromatic rings. The van der Waals surface area contributed by atoms with Gasteiger partial charge in [0.1, 0.15) is 18.2 Å². The highest BCUT2D eigenvalue weighted by molar-refractivity contribution is 6.30. The van der Waals surface area contributed by atoms with Crippen LogP contribution in [-0.2, 0) is 16.2 Å². The number of nitrogens with zero attached hydrogens (tertiary/aromatic N) is 2. The van der Waals surface area contributed by atoms with Crippen LogP contribution in [0.15, 0.2) is 89.5 Å². The molecule has 0 spiro atoms. The minimum Gasteiger partial charge on any atom is -0.490 e. The predicted octanol–water partition coefficient (Wildman–Crippen LogP) is 6.67. The number of hydrogen-bond donors (Lipinski definition) is 0. The zero-order valence-electron chi connectivity index (χ0n) is 21.4. The second-order valence-corrected chi connectivity index (χ2v) is 9.23. The molecule has 38 heavy (non-hydrogen) atoms. The van der Waals surface area contributed by atoms with Crippen LogP contribution in [0, 0.1) is 11.3 Å². The summed E-state index contributed by atoms with van der Waals surface area (Å²) in [4.78, 5) is 27.9. The molecule has 0 saturated heterocycles. The van der Waals surface area contributed by atoms with E-state index < -0.39 is 17.9 Å². The van der Waals surface area contributed by atoms with Gasteiger partial charge < -0.3 is 9.47 Å². The highest BCUT2D eigenvalue weighted by atomic mass is 35.5. The van der Waals surface area contributed by atoms with Gasteiger partial charge in [0.2, 0.25) is 0 Å². The van der Waals surface area contributed by atoms with E-state index in [1.807, 2.05) is 55.5 Å². The lowest BCUT2D eigenvalue weighted by Crippen LogP contribution is -2.44. The summed E-state index contributed by atoms with van der Waals surface area (Å²) in [6.07, 6.45) is 1.68. The van der Waals surface area contributed by atoms with Crippen molar-refractivity contribution in [2.75, 3.05) is 6.61 Å². The molecule has 6 nitrogen and oxygen atoms in total. The van der Waals surface area contributed by atoms with E-state index >= 15 is 0 Å². The van der Waals surface area contributed by atoms with Gasteiger partial charge in [0.25, 0.3) is 11.8 Å². The Labute approximate surface area is 227 Å². The van der Waals surface area contributed by atoms with Gasteiger partial charge in [-0.2, -0.15) is 5.26 Å². The Morgan fingerprint density at radius 3 is 2.34 bits per heavy atom. The summed E-state index contributed by atoms with van der Waals surface area (Å²) in [7, 11) is 0. The van der Waals surface area contributed by atoms with Crippen molar-refractivity contribution in [2.45, 2.75) is 33.4 Å². The Hall–Kier alpha value is -4.34. The van der Waals surface area contributed by atoms with Crippen molar-refractivity contribution < 1.29 is 19.1 Å². The lowest BCUT2D eigenvalue weighted by atomic mass is 9.91. The predicted molar refractivity (Wildman–Crippen MR) is 146 cm³/mol. The van der Waals surface area contributed by atoms with Crippen LogP contribution < -0.4 is 9.47 Å². The van der Waals surface area contributed by atoms with Crippen molar-refractivity contribution in [3.8, 4) is 17.6 Å². The second-order valence-electron chi connectivity index (χ2n) is 8.79. The maximum absolute atomic E-state index is 13.6. The quantitative estimate of drug-likeness (QED) is 0.242. The first-order chi connectivity index (χ1) is 18.3. The molecule has 7 heteroatoms. The summed E-state index contributed by atoms with van der Waals surface area (Å²) < 4.78 is 11.8. The molecular weight excluding hydrogens is 500 g/mol. The van der Waals surface area contributed by atoms with Crippen LogP contribution >= 0.6 is 11.6 Å².